The highest BCUT2D eigenvalue weighted by molar-refractivity contribution is 6.29. The molecule has 1 aliphatic carbocycles. The summed E-state index contributed by atoms with van der Waals surface area (Å²) in [4.78, 5) is 73.3. The number of carbonyl (C=O) groups is 2. The molecule has 0 fully saturated rings. The van der Waals surface area contributed by atoms with Gasteiger partial charge < -0.3 is 19.9 Å². The van der Waals surface area contributed by atoms with Gasteiger partial charge in [-0.15, -0.1) is 0 Å². The van der Waals surface area contributed by atoms with Gasteiger partial charge in [0.1, 0.15) is 52.8 Å². The van der Waals surface area contributed by atoms with Crippen LogP contribution in [0.15, 0.2) is 64.6 Å². The fourth-order valence-electron chi connectivity index (χ4n) is 7.20. The summed E-state index contributed by atoms with van der Waals surface area (Å²) in [7, 11) is 3.09. The van der Waals surface area contributed by atoms with Crippen molar-refractivity contribution in [2.45, 2.75) is 60.6 Å². The van der Waals surface area contributed by atoms with Gasteiger partial charge in [-0.05, 0) is 68.0 Å². The number of amides is 1. The third-order valence-corrected chi connectivity index (χ3v) is 9.97. The summed E-state index contributed by atoms with van der Waals surface area (Å²) in [6, 6.07) is 10.2. The highest BCUT2D eigenvalue weighted by Crippen LogP contribution is 2.40. The third-order valence-electron chi connectivity index (χ3n) is 9.78. The Balaban J connectivity index is 0.000000259. The maximum atomic E-state index is 13.9. The van der Waals surface area contributed by atoms with Crippen LogP contribution >= 0.6 is 11.6 Å². The minimum Gasteiger partial charge on any atom is -0.461 e. The number of esters is 1. The van der Waals surface area contributed by atoms with Crippen LogP contribution in [-0.2, 0) is 49.6 Å². The Bertz CT molecular complexity index is 2740. The predicted octanol–water partition coefficient (Wildman–Crippen LogP) is 4.61. The molecule has 1 amide bonds. The van der Waals surface area contributed by atoms with Crippen LogP contribution in [0, 0.1) is 19.3 Å². The molecule has 6 aromatic heterocycles. The zero-order valence-corrected chi connectivity index (χ0v) is 34.3. The summed E-state index contributed by atoms with van der Waals surface area (Å²) < 4.78 is 9.97. The van der Waals surface area contributed by atoms with E-state index in [-0.39, 0.29) is 39.9 Å². The topological polar surface area (TPSA) is 210 Å². The van der Waals surface area contributed by atoms with Gasteiger partial charge in [0.2, 0.25) is 0 Å². The number of aromatic nitrogens is 10. The van der Waals surface area contributed by atoms with Crippen LogP contribution in [0.2, 0.25) is 5.15 Å². The zero-order chi connectivity index (χ0) is 42.2. The third kappa shape index (κ3) is 8.72. The minimum absolute atomic E-state index is 0.123. The van der Waals surface area contributed by atoms with E-state index in [1.807, 2.05) is 6.07 Å². The Morgan fingerprint density at radius 3 is 2.07 bits per heavy atom. The Hall–Kier alpha value is -6.82. The van der Waals surface area contributed by atoms with Gasteiger partial charge in [0.25, 0.3) is 17.0 Å². The van der Waals surface area contributed by atoms with Crippen LogP contribution in [0.25, 0.3) is 11.3 Å². The molecule has 7 heterocycles. The lowest BCUT2D eigenvalue weighted by molar-refractivity contribution is -0.142. The van der Waals surface area contributed by atoms with Crippen LogP contribution in [0.5, 0.6) is 0 Å². The molecular formula is C40H42ClN13O5. The normalized spacial score (nSPS) is 13.9. The number of aryl methyl sites for hydroxylation is 4. The van der Waals surface area contributed by atoms with Crippen LogP contribution in [0.3, 0.4) is 0 Å². The molecule has 2 N–H and O–H groups in total. The van der Waals surface area contributed by atoms with Gasteiger partial charge in [0.05, 0.1) is 5.69 Å². The molecule has 0 atom stereocenters. The van der Waals surface area contributed by atoms with Gasteiger partial charge in [-0.3, -0.25) is 24.1 Å². The lowest BCUT2D eigenvalue weighted by Gasteiger charge is -2.31. The van der Waals surface area contributed by atoms with Crippen molar-refractivity contribution in [1.29, 1.82) is 0 Å². The summed E-state index contributed by atoms with van der Waals surface area (Å²) in [6.45, 7) is 10.3. The zero-order valence-electron chi connectivity index (χ0n) is 33.6. The average molecular weight is 820 g/mol. The quantitative estimate of drug-likeness (QED) is 0.201. The number of halogens is 1. The van der Waals surface area contributed by atoms with Gasteiger partial charge in [-0.25, -0.2) is 34.3 Å². The highest BCUT2D eigenvalue weighted by atomic mass is 35.5. The molecule has 0 spiro atoms. The van der Waals surface area contributed by atoms with E-state index in [0.29, 0.717) is 70.4 Å². The van der Waals surface area contributed by atoms with Crippen molar-refractivity contribution in [2.75, 3.05) is 22.1 Å². The van der Waals surface area contributed by atoms with Gasteiger partial charge in [0, 0.05) is 75.6 Å². The minimum atomic E-state index is -0.469. The second-order valence-corrected chi connectivity index (χ2v) is 15.4. The smallest absolute Gasteiger partial charge is 0.302 e. The number of hydrogen-bond donors (Lipinski definition) is 2. The van der Waals surface area contributed by atoms with E-state index in [9.17, 15) is 19.2 Å². The fraction of sp³-hybridized carbons (Fsp3) is 0.325. The first-order chi connectivity index (χ1) is 28.1. The summed E-state index contributed by atoms with van der Waals surface area (Å²) >= 11 is 5.78. The molecule has 2 aliphatic rings. The first-order valence-electron chi connectivity index (χ1n) is 18.7. The molecule has 0 radical (unpaired) electrons. The monoisotopic (exact) mass is 819 g/mol. The number of rotatable bonds is 8. The van der Waals surface area contributed by atoms with E-state index in [4.69, 9.17) is 16.3 Å². The van der Waals surface area contributed by atoms with E-state index >= 15 is 0 Å². The lowest BCUT2D eigenvalue weighted by Crippen LogP contribution is -2.41. The Morgan fingerprint density at radius 2 is 1.44 bits per heavy atom. The molecule has 59 heavy (non-hydrogen) atoms. The largest absolute Gasteiger partial charge is 0.461 e. The molecule has 6 aromatic rings. The summed E-state index contributed by atoms with van der Waals surface area (Å²) in [5.41, 5.74) is 4.76. The second-order valence-electron chi connectivity index (χ2n) is 15.0. The number of nitrogens with one attached hydrogen (secondary N) is 2. The average Bonchev–Trinajstić information content (AvgIpc) is 3.67. The molecule has 0 bridgehead atoms. The Morgan fingerprint density at radius 1 is 0.831 bits per heavy atom. The van der Waals surface area contributed by atoms with E-state index < -0.39 is 5.97 Å². The standard InChI is InChI=1S/C30H32N8O4.C10H10ClN5O/c1-17-31-9-7-26(33-17)34-23-13-22(35-36(5)28(23)40)20-6-8-32-27(21(20)16-42-18(2)39)38-11-10-37-24(29(38)41)12-19-14-30(3,4)15-25(19)37;1-6-12-4-3-9(13-6)14-7-5-8(11)15-16(2)10(7)17/h6-9,12-13H,10-11,14-16H2,1-5H3,(H,31,33,34);3-5H,1-2H3,(H,12,13,14). The van der Waals surface area contributed by atoms with Crippen molar-refractivity contribution in [1.82, 2.24) is 49.0 Å². The first-order valence-corrected chi connectivity index (χ1v) is 19.0. The molecule has 0 saturated carbocycles. The SMILES string of the molecule is CC(=O)OCc1c(-c2cc(Nc3ccnc(C)n3)c(=O)n(C)n2)ccnc1N1CCn2c(cc3c2CC(C)(C)C3)C1=O.Cc1nccc(Nc2cc(Cl)nn(C)c2=O)n1. The van der Waals surface area contributed by atoms with Crippen LogP contribution in [0.1, 0.15) is 59.7 Å². The maximum absolute atomic E-state index is 13.9. The van der Waals surface area contributed by atoms with Gasteiger partial charge in [-0.1, -0.05) is 25.4 Å². The van der Waals surface area contributed by atoms with Crippen molar-refractivity contribution in [3.05, 3.63) is 115 Å². The summed E-state index contributed by atoms with van der Waals surface area (Å²) in [5, 5.41) is 14.5. The van der Waals surface area contributed by atoms with E-state index in [1.165, 1.54) is 40.7 Å². The lowest BCUT2D eigenvalue weighted by atomic mass is 9.90. The molecule has 1 aliphatic heterocycles. The molecule has 18 nitrogen and oxygen atoms in total. The molecule has 0 saturated heterocycles. The molecule has 19 heteroatoms. The van der Waals surface area contributed by atoms with Gasteiger partial charge >= 0.3 is 5.97 Å². The molecular weight excluding hydrogens is 778 g/mol. The molecule has 8 rings (SSSR count). The highest BCUT2D eigenvalue weighted by Gasteiger charge is 2.37. The van der Waals surface area contributed by atoms with Crippen LogP contribution in [-0.4, -0.2) is 67.5 Å². The molecule has 304 valence electrons. The number of ether oxygens (including phenoxy) is 1. The number of carbonyl (C=O) groups excluding carboxylic acids is 2. The second kappa shape index (κ2) is 16.2. The fourth-order valence-corrected chi connectivity index (χ4v) is 7.43. The van der Waals surface area contributed by atoms with E-state index in [2.05, 4.69) is 64.2 Å². The number of pyridine rings is 1. The summed E-state index contributed by atoms with van der Waals surface area (Å²) in [6.07, 6.45) is 6.68. The van der Waals surface area contributed by atoms with Crippen LogP contribution < -0.4 is 26.7 Å². The van der Waals surface area contributed by atoms with Crippen molar-refractivity contribution >= 4 is 52.3 Å². The molecule has 0 unspecified atom stereocenters. The molecule has 0 aromatic carbocycles. The Labute approximate surface area is 343 Å². The van der Waals surface area contributed by atoms with Crippen molar-refractivity contribution in [3.8, 4) is 11.3 Å². The number of hydrogen-bond acceptors (Lipinski definition) is 14. The first kappa shape index (κ1) is 40.4. The van der Waals surface area contributed by atoms with Crippen molar-refractivity contribution < 1.29 is 14.3 Å². The van der Waals surface area contributed by atoms with Crippen molar-refractivity contribution in [3.63, 3.8) is 0 Å². The van der Waals surface area contributed by atoms with Gasteiger partial charge in [0.15, 0.2) is 5.15 Å². The Kier molecular flexibility index (Phi) is 11.1. The number of fused-ring (bicyclic) bond motifs is 3. The maximum Gasteiger partial charge on any atom is 0.302 e. The van der Waals surface area contributed by atoms with E-state index in [1.54, 1.807) is 68.7 Å². The van der Waals surface area contributed by atoms with Gasteiger partial charge in [-0.2, -0.15) is 10.2 Å². The summed E-state index contributed by atoms with van der Waals surface area (Å²) in [5.74, 6) is 1.94. The van der Waals surface area contributed by atoms with Crippen molar-refractivity contribution in [2.24, 2.45) is 19.5 Å². The predicted molar refractivity (Wildman–Crippen MR) is 220 cm³/mol. The van der Waals surface area contributed by atoms with E-state index in [0.717, 1.165) is 12.8 Å². The number of anilines is 5. The number of nitrogens with zero attached hydrogens (tertiary/aromatic N) is 11. The van der Waals surface area contributed by atoms with Crippen LogP contribution in [0.4, 0.5) is 28.8 Å².